The number of rotatable bonds is 9. The summed E-state index contributed by atoms with van der Waals surface area (Å²) in [7, 11) is 0. The molecular formula is C14H32N2. The summed E-state index contributed by atoms with van der Waals surface area (Å²) >= 11 is 0. The molecule has 0 spiro atoms. The second kappa shape index (κ2) is 9.00. The monoisotopic (exact) mass is 228 g/mol. The van der Waals surface area contributed by atoms with Crippen LogP contribution in [0, 0.1) is 11.8 Å². The largest absolute Gasteiger partial charge is 0.313 e. The third-order valence-electron chi connectivity index (χ3n) is 3.32. The standard InChI is InChI=1S/C14H32N2/c1-7-13(6)14(15-8-2)11-16(9-3)10-12(4)5/h12-15H,7-11H2,1-6H3. The molecule has 0 aromatic carbocycles. The predicted molar refractivity (Wildman–Crippen MR) is 73.9 cm³/mol. The maximum Gasteiger partial charge on any atom is 0.0220 e. The van der Waals surface area contributed by atoms with Crippen LogP contribution in [0.5, 0.6) is 0 Å². The number of nitrogens with one attached hydrogen (secondary N) is 1. The lowest BCUT2D eigenvalue weighted by Gasteiger charge is -2.31. The highest BCUT2D eigenvalue weighted by Gasteiger charge is 2.17. The molecular weight excluding hydrogens is 196 g/mol. The minimum atomic E-state index is 0.647. The summed E-state index contributed by atoms with van der Waals surface area (Å²) in [5.41, 5.74) is 0. The molecule has 16 heavy (non-hydrogen) atoms. The molecule has 0 bridgehead atoms. The zero-order chi connectivity index (χ0) is 12.6. The van der Waals surface area contributed by atoms with Crippen molar-refractivity contribution >= 4 is 0 Å². The van der Waals surface area contributed by atoms with Gasteiger partial charge in [0.1, 0.15) is 0 Å². The molecule has 2 heteroatoms. The Bertz CT molecular complexity index is 157. The van der Waals surface area contributed by atoms with Crippen LogP contribution in [-0.4, -0.2) is 37.1 Å². The summed E-state index contributed by atoms with van der Waals surface area (Å²) in [6, 6.07) is 0.647. The van der Waals surface area contributed by atoms with Crippen molar-refractivity contribution in [3.05, 3.63) is 0 Å². The van der Waals surface area contributed by atoms with E-state index in [4.69, 9.17) is 0 Å². The van der Waals surface area contributed by atoms with Crippen LogP contribution in [0.2, 0.25) is 0 Å². The van der Waals surface area contributed by atoms with Crippen LogP contribution in [0.3, 0.4) is 0 Å². The number of hydrogen-bond acceptors (Lipinski definition) is 2. The van der Waals surface area contributed by atoms with E-state index in [9.17, 15) is 0 Å². The van der Waals surface area contributed by atoms with Gasteiger partial charge in [-0.15, -0.1) is 0 Å². The molecule has 0 aromatic heterocycles. The Morgan fingerprint density at radius 1 is 1.00 bits per heavy atom. The van der Waals surface area contributed by atoms with Crippen LogP contribution in [0.15, 0.2) is 0 Å². The minimum Gasteiger partial charge on any atom is -0.313 e. The van der Waals surface area contributed by atoms with Gasteiger partial charge >= 0.3 is 0 Å². The highest BCUT2D eigenvalue weighted by Crippen LogP contribution is 2.10. The van der Waals surface area contributed by atoms with Crippen molar-refractivity contribution in [2.24, 2.45) is 11.8 Å². The van der Waals surface area contributed by atoms with Gasteiger partial charge in [-0.05, 0) is 24.9 Å². The Kier molecular flexibility index (Phi) is 8.96. The zero-order valence-corrected chi connectivity index (χ0v) is 12.2. The van der Waals surface area contributed by atoms with Crippen LogP contribution in [0.4, 0.5) is 0 Å². The fraction of sp³-hybridized carbons (Fsp3) is 1.00. The molecule has 0 aliphatic heterocycles. The first-order valence-electron chi connectivity index (χ1n) is 7.00. The quantitative estimate of drug-likeness (QED) is 0.652. The van der Waals surface area contributed by atoms with Crippen molar-refractivity contribution in [3.63, 3.8) is 0 Å². The average molecular weight is 228 g/mol. The van der Waals surface area contributed by atoms with E-state index in [0.717, 1.165) is 24.9 Å². The van der Waals surface area contributed by atoms with Crippen LogP contribution >= 0.6 is 0 Å². The van der Waals surface area contributed by atoms with E-state index in [0.29, 0.717) is 6.04 Å². The van der Waals surface area contributed by atoms with Crippen LogP contribution in [-0.2, 0) is 0 Å². The van der Waals surface area contributed by atoms with E-state index in [-0.39, 0.29) is 0 Å². The minimum absolute atomic E-state index is 0.647. The van der Waals surface area contributed by atoms with Crippen molar-refractivity contribution in [1.82, 2.24) is 10.2 Å². The zero-order valence-electron chi connectivity index (χ0n) is 12.2. The van der Waals surface area contributed by atoms with Crippen molar-refractivity contribution in [3.8, 4) is 0 Å². The highest BCUT2D eigenvalue weighted by molar-refractivity contribution is 4.76. The van der Waals surface area contributed by atoms with E-state index in [2.05, 4.69) is 51.8 Å². The summed E-state index contributed by atoms with van der Waals surface area (Å²) in [4.78, 5) is 2.57. The third-order valence-corrected chi connectivity index (χ3v) is 3.32. The van der Waals surface area contributed by atoms with Crippen molar-refractivity contribution in [1.29, 1.82) is 0 Å². The number of likely N-dealkylation sites (N-methyl/N-ethyl adjacent to an activating group) is 2. The Morgan fingerprint density at radius 2 is 1.62 bits per heavy atom. The molecule has 1 N–H and O–H groups in total. The summed E-state index contributed by atoms with van der Waals surface area (Å²) in [6.45, 7) is 18.4. The summed E-state index contributed by atoms with van der Waals surface area (Å²) in [6.07, 6.45) is 1.26. The van der Waals surface area contributed by atoms with Gasteiger partial charge in [0.25, 0.3) is 0 Å². The van der Waals surface area contributed by atoms with Gasteiger partial charge in [-0.1, -0.05) is 48.0 Å². The second-order valence-corrected chi connectivity index (χ2v) is 5.30. The van der Waals surface area contributed by atoms with Gasteiger partial charge in [-0.25, -0.2) is 0 Å². The molecule has 0 saturated heterocycles. The molecule has 0 saturated carbocycles. The fourth-order valence-corrected chi connectivity index (χ4v) is 2.12. The van der Waals surface area contributed by atoms with Gasteiger partial charge in [0, 0.05) is 19.1 Å². The van der Waals surface area contributed by atoms with Crippen molar-refractivity contribution in [2.75, 3.05) is 26.2 Å². The Labute approximate surface area is 103 Å². The van der Waals surface area contributed by atoms with Crippen LogP contribution < -0.4 is 5.32 Å². The van der Waals surface area contributed by atoms with E-state index in [1.807, 2.05) is 0 Å². The third kappa shape index (κ3) is 6.49. The van der Waals surface area contributed by atoms with Crippen LogP contribution in [0.25, 0.3) is 0 Å². The average Bonchev–Trinajstić information content (AvgIpc) is 2.25. The van der Waals surface area contributed by atoms with Gasteiger partial charge in [0.15, 0.2) is 0 Å². The smallest absolute Gasteiger partial charge is 0.0220 e. The lowest BCUT2D eigenvalue weighted by Crippen LogP contribution is -2.45. The Hall–Kier alpha value is -0.0800. The maximum absolute atomic E-state index is 3.63. The SMILES string of the molecule is CCNC(CN(CC)CC(C)C)C(C)CC. The van der Waals surface area contributed by atoms with Gasteiger partial charge in [-0.3, -0.25) is 0 Å². The lowest BCUT2D eigenvalue weighted by atomic mass is 9.98. The Balaban J connectivity index is 4.22. The highest BCUT2D eigenvalue weighted by atomic mass is 15.1. The lowest BCUT2D eigenvalue weighted by molar-refractivity contribution is 0.201. The molecule has 98 valence electrons. The van der Waals surface area contributed by atoms with Crippen LogP contribution in [0.1, 0.15) is 48.0 Å². The van der Waals surface area contributed by atoms with Gasteiger partial charge in [0.05, 0.1) is 0 Å². The fourth-order valence-electron chi connectivity index (χ4n) is 2.12. The number of hydrogen-bond donors (Lipinski definition) is 1. The summed E-state index contributed by atoms with van der Waals surface area (Å²) < 4.78 is 0. The maximum atomic E-state index is 3.63. The summed E-state index contributed by atoms with van der Waals surface area (Å²) in [5.74, 6) is 1.53. The van der Waals surface area contributed by atoms with E-state index in [1.54, 1.807) is 0 Å². The molecule has 0 radical (unpaired) electrons. The van der Waals surface area contributed by atoms with E-state index >= 15 is 0 Å². The first-order valence-corrected chi connectivity index (χ1v) is 7.00. The van der Waals surface area contributed by atoms with Gasteiger partial charge < -0.3 is 10.2 Å². The van der Waals surface area contributed by atoms with E-state index in [1.165, 1.54) is 19.5 Å². The molecule has 0 aromatic rings. The molecule has 0 amide bonds. The first-order chi connectivity index (χ1) is 7.54. The molecule has 0 rings (SSSR count). The predicted octanol–water partition coefficient (Wildman–Crippen LogP) is 2.99. The second-order valence-electron chi connectivity index (χ2n) is 5.30. The molecule has 0 heterocycles. The topological polar surface area (TPSA) is 15.3 Å². The molecule has 2 unspecified atom stereocenters. The Morgan fingerprint density at radius 3 is 2.00 bits per heavy atom. The number of nitrogens with zero attached hydrogens (tertiary/aromatic N) is 1. The van der Waals surface area contributed by atoms with Crippen molar-refractivity contribution in [2.45, 2.75) is 54.0 Å². The van der Waals surface area contributed by atoms with Crippen molar-refractivity contribution < 1.29 is 0 Å². The molecule has 0 aliphatic rings. The normalized spacial score (nSPS) is 15.8. The van der Waals surface area contributed by atoms with Gasteiger partial charge in [0.2, 0.25) is 0 Å². The molecule has 2 atom stereocenters. The molecule has 0 fully saturated rings. The summed E-state index contributed by atoms with van der Waals surface area (Å²) in [5, 5.41) is 3.63. The first kappa shape index (κ1) is 15.9. The molecule has 0 aliphatic carbocycles. The molecule has 2 nitrogen and oxygen atoms in total. The van der Waals surface area contributed by atoms with Gasteiger partial charge in [-0.2, -0.15) is 0 Å². The van der Waals surface area contributed by atoms with E-state index < -0.39 is 0 Å².